The average molecular weight is 264 g/mol. The third-order valence-corrected chi connectivity index (χ3v) is 4.53. The molecule has 1 heterocycles. The third-order valence-electron chi connectivity index (χ3n) is 2.98. The van der Waals surface area contributed by atoms with Gasteiger partial charge in [0.25, 0.3) is 0 Å². The minimum absolute atomic E-state index is 0.0436. The van der Waals surface area contributed by atoms with Gasteiger partial charge in [0.2, 0.25) is 10.0 Å². The molecule has 0 bridgehead atoms. The van der Waals surface area contributed by atoms with Crippen LogP contribution in [0.15, 0.2) is 0 Å². The molecule has 1 aliphatic heterocycles. The van der Waals surface area contributed by atoms with E-state index >= 15 is 0 Å². The standard InChI is InChI=1S/C11H24N2O3S/c1-10(11-6-5-8-16-11)13-17(14,15)9-4-3-7-12-2/h10-13H,3-9H2,1-2H3. The molecule has 0 aliphatic carbocycles. The van der Waals surface area contributed by atoms with Gasteiger partial charge in [-0.1, -0.05) is 0 Å². The molecule has 0 aromatic carbocycles. The highest BCUT2D eigenvalue weighted by Gasteiger charge is 2.25. The molecule has 1 aliphatic rings. The van der Waals surface area contributed by atoms with Crippen LogP contribution in [0.3, 0.4) is 0 Å². The first-order valence-electron chi connectivity index (χ1n) is 6.31. The lowest BCUT2D eigenvalue weighted by molar-refractivity contribution is 0.0902. The highest BCUT2D eigenvalue weighted by Crippen LogP contribution is 2.16. The molecule has 2 N–H and O–H groups in total. The van der Waals surface area contributed by atoms with Crippen molar-refractivity contribution in [2.45, 2.75) is 44.8 Å². The van der Waals surface area contributed by atoms with Gasteiger partial charge >= 0.3 is 0 Å². The van der Waals surface area contributed by atoms with E-state index in [1.165, 1.54) is 0 Å². The first kappa shape index (κ1) is 14.9. The molecule has 2 atom stereocenters. The van der Waals surface area contributed by atoms with Gasteiger partial charge in [0.15, 0.2) is 0 Å². The van der Waals surface area contributed by atoms with Gasteiger partial charge in [0.05, 0.1) is 11.9 Å². The quantitative estimate of drug-likeness (QED) is 0.626. The second kappa shape index (κ2) is 7.31. The first-order valence-corrected chi connectivity index (χ1v) is 7.96. The summed E-state index contributed by atoms with van der Waals surface area (Å²) >= 11 is 0. The van der Waals surface area contributed by atoms with E-state index in [-0.39, 0.29) is 17.9 Å². The molecule has 17 heavy (non-hydrogen) atoms. The Labute approximate surface area is 104 Å². The summed E-state index contributed by atoms with van der Waals surface area (Å²) < 4.78 is 31.7. The van der Waals surface area contributed by atoms with Crippen molar-refractivity contribution in [2.75, 3.05) is 26.0 Å². The van der Waals surface area contributed by atoms with Crippen LogP contribution in [0.5, 0.6) is 0 Å². The minimum atomic E-state index is -3.16. The van der Waals surface area contributed by atoms with Crippen molar-refractivity contribution in [1.82, 2.24) is 10.0 Å². The summed E-state index contributed by atoms with van der Waals surface area (Å²) in [6.07, 6.45) is 3.59. The normalized spacial score (nSPS) is 22.8. The second-order valence-corrected chi connectivity index (χ2v) is 6.46. The zero-order valence-corrected chi connectivity index (χ0v) is 11.6. The van der Waals surface area contributed by atoms with Crippen molar-refractivity contribution in [3.8, 4) is 0 Å². The molecule has 1 fully saturated rings. The molecule has 5 nitrogen and oxygen atoms in total. The van der Waals surface area contributed by atoms with E-state index in [0.717, 1.165) is 32.4 Å². The molecule has 0 spiro atoms. The molecule has 1 rings (SSSR count). The Bertz CT molecular complexity index is 300. The minimum Gasteiger partial charge on any atom is -0.377 e. The summed E-state index contributed by atoms with van der Waals surface area (Å²) in [5.74, 6) is 0.200. The molecule has 0 aromatic rings. The van der Waals surface area contributed by atoms with Crippen LogP contribution in [0.25, 0.3) is 0 Å². The molecule has 2 unspecified atom stereocenters. The van der Waals surface area contributed by atoms with Gasteiger partial charge in [-0.25, -0.2) is 13.1 Å². The topological polar surface area (TPSA) is 67.4 Å². The molecule has 1 saturated heterocycles. The van der Waals surface area contributed by atoms with Gasteiger partial charge < -0.3 is 10.1 Å². The number of nitrogens with one attached hydrogen (secondary N) is 2. The van der Waals surface area contributed by atoms with Gasteiger partial charge in [-0.15, -0.1) is 0 Å². The Morgan fingerprint density at radius 1 is 1.41 bits per heavy atom. The Morgan fingerprint density at radius 3 is 2.76 bits per heavy atom. The van der Waals surface area contributed by atoms with Crippen molar-refractivity contribution in [3.63, 3.8) is 0 Å². The van der Waals surface area contributed by atoms with Crippen LogP contribution in [0.1, 0.15) is 32.6 Å². The SMILES string of the molecule is CNCCCCS(=O)(=O)NC(C)C1CCCO1. The number of sulfonamides is 1. The Morgan fingerprint density at radius 2 is 2.18 bits per heavy atom. The van der Waals surface area contributed by atoms with E-state index in [1.807, 2.05) is 14.0 Å². The fraction of sp³-hybridized carbons (Fsp3) is 1.00. The molecular weight excluding hydrogens is 240 g/mol. The zero-order valence-electron chi connectivity index (χ0n) is 10.7. The average Bonchev–Trinajstić information content (AvgIpc) is 2.77. The van der Waals surface area contributed by atoms with E-state index in [1.54, 1.807) is 0 Å². The predicted molar refractivity (Wildman–Crippen MR) is 68.5 cm³/mol. The van der Waals surface area contributed by atoms with E-state index in [2.05, 4.69) is 10.0 Å². The molecule has 0 radical (unpaired) electrons. The second-order valence-electron chi connectivity index (χ2n) is 4.59. The van der Waals surface area contributed by atoms with E-state index < -0.39 is 10.0 Å². The number of unbranched alkanes of at least 4 members (excludes halogenated alkanes) is 1. The van der Waals surface area contributed by atoms with Gasteiger partial charge in [0, 0.05) is 12.6 Å². The van der Waals surface area contributed by atoms with Gasteiger partial charge in [-0.2, -0.15) is 0 Å². The van der Waals surface area contributed by atoms with Crippen LogP contribution in [0.4, 0.5) is 0 Å². The Balaban J connectivity index is 2.27. The smallest absolute Gasteiger partial charge is 0.211 e. The summed E-state index contributed by atoms with van der Waals surface area (Å²) in [6, 6.07) is -0.119. The van der Waals surface area contributed by atoms with Gasteiger partial charge in [-0.05, 0) is 46.2 Å². The number of hydrogen-bond donors (Lipinski definition) is 2. The first-order chi connectivity index (χ1) is 8.05. The third kappa shape index (κ3) is 5.81. The molecule has 0 saturated carbocycles. The van der Waals surface area contributed by atoms with Crippen molar-refractivity contribution in [3.05, 3.63) is 0 Å². The van der Waals surface area contributed by atoms with Crippen molar-refractivity contribution >= 4 is 10.0 Å². The summed E-state index contributed by atoms with van der Waals surface area (Å²) in [5, 5.41) is 3.00. The van der Waals surface area contributed by atoms with Crippen LogP contribution in [0.2, 0.25) is 0 Å². The lowest BCUT2D eigenvalue weighted by Crippen LogP contribution is -2.41. The van der Waals surface area contributed by atoms with E-state index in [4.69, 9.17) is 4.74 Å². The summed E-state index contributed by atoms with van der Waals surface area (Å²) in [6.45, 7) is 3.48. The maximum Gasteiger partial charge on any atom is 0.211 e. The summed E-state index contributed by atoms with van der Waals surface area (Å²) in [5.41, 5.74) is 0. The van der Waals surface area contributed by atoms with Crippen molar-refractivity contribution < 1.29 is 13.2 Å². The fourth-order valence-electron chi connectivity index (χ4n) is 2.01. The number of ether oxygens (including phenoxy) is 1. The van der Waals surface area contributed by atoms with Gasteiger partial charge in [-0.3, -0.25) is 0 Å². The van der Waals surface area contributed by atoms with Crippen molar-refractivity contribution in [2.24, 2.45) is 0 Å². The monoisotopic (exact) mass is 264 g/mol. The van der Waals surface area contributed by atoms with Crippen LogP contribution in [-0.4, -0.2) is 46.5 Å². The molecular formula is C11H24N2O3S. The predicted octanol–water partition coefficient (Wildman–Crippen LogP) is 0.473. The number of rotatable bonds is 8. The summed E-state index contributed by atoms with van der Waals surface area (Å²) in [4.78, 5) is 0. The van der Waals surface area contributed by atoms with Crippen LogP contribution >= 0.6 is 0 Å². The summed E-state index contributed by atoms with van der Waals surface area (Å²) in [7, 11) is -1.29. The molecule has 6 heteroatoms. The van der Waals surface area contributed by atoms with Crippen molar-refractivity contribution in [1.29, 1.82) is 0 Å². The van der Waals surface area contributed by atoms with Crippen LogP contribution in [-0.2, 0) is 14.8 Å². The lowest BCUT2D eigenvalue weighted by Gasteiger charge is -2.19. The van der Waals surface area contributed by atoms with E-state index in [9.17, 15) is 8.42 Å². The Hall–Kier alpha value is -0.170. The van der Waals surface area contributed by atoms with Crippen LogP contribution < -0.4 is 10.0 Å². The molecule has 0 aromatic heterocycles. The lowest BCUT2D eigenvalue weighted by atomic mass is 10.1. The van der Waals surface area contributed by atoms with Gasteiger partial charge in [0.1, 0.15) is 0 Å². The highest BCUT2D eigenvalue weighted by atomic mass is 32.2. The maximum absolute atomic E-state index is 11.8. The molecule has 102 valence electrons. The van der Waals surface area contributed by atoms with E-state index in [0.29, 0.717) is 6.42 Å². The largest absolute Gasteiger partial charge is 0.377 e. The van der Waals surface area contributed by atoms with Crippen LogP contribution in [0, 0.1) is 0 Å². The zero-order chi connectivity index (χ0) is 12.7. The molecule has 0 amide bonds. The number of hydrogen-bond acceptors (Lipinski definition) is 4. The Kier molecular flexibility index (Phi) is 6.40. The maximum atomic E-state index is 11.8. The highest BCUT2D eigenvalue weighted by molar-refractivity contribution is 7.89. The fourth-order valence-corrected chi connectivity index (χ4v) is 3.43.